The minimum absolute atomic E-state index is 0.898. The lowest BCUT2D eigenvalue weighted by Gasteiger charge is -2.15. The second-order valence-corrected chi connectivity index (χ2v) is 11.7. The van der Waals surface area contributed by atoms with Crippen LogP contribution in [-0.4, -0.2) is 9.13 Å². The molecule has 0 saturated heterocycles. The standard InChI is InChI=1S/C42H26N2O/c1-6-16-35-29(11-1)30-12-2-7-17-36(30)43(35)28-23-21-27(22-24-28)41-39(26-25-34-33-15-5-10-20-40(33)45-42(34)41)44-37-18-8-3-13-31(37)32-14-4-9-19-38(32)44/h1-26H. The maximum absolute atomic E-state index is 6.70. The molecule has 0 aliphatic carbocycles. The number of para-hydroxylation sites is 5. The number of rotatable bonds is 3. The average Bonchev–Trinajstić information content (AvgIpc) is 3.76. The van der Waals surface area contributed by atoms with Crippen LogP contribution in [0.5, 0.6) is 0 Å². The first-order chi connectivity index (χ1) is 22.3. The first-order valence-electron chi connectivity index (χ1n) is 15.4. The van der Waals surface area contributed by atoms with Gasteiger partial charge in [-0.25, -0.2) is 0 Å². The molecule has 0 aliphatic rings. The average molecular weight is 575 g/mol. The van der Waals surface area contributed by atoms with Gasteiger partial charge in [-0.2, -0.15) is 0 Å². The molecule has 0 aliphatic heterocycles. The third-order valence-electron chi connectivity index (χ3n) is 9.34. The van der Waals surface area contributed by atoms with Crippen LogP contribution in [0, 0.1) is 0 Å². The SMILES string of the molecule is c1ccc2c(c1)oc1c(-c3ccc(-n4c5ccccc5c5ccccc54)cc3)c(-n3c4ccccc4c4ccccc43)ccc12. The van der Waals surface area contributed by atoms with Crippen LogP contribution in [0.2, 0.25) is 0 Å². The summed E-state index contributed by atoms with van der Waals surface area (Å²) in [6.45, 7) is 0. The number of hydrogen-bond donors (Lipinski definition) is 0. The summed E-state index contributed by atoms with van der Waals surface area (Å²) in [5.41, 5.74) is 11.0. The van der Waals surface area contributed by atoms with Gasteiger partial charge in [-0.3, -0.25) is 0 Å². The van der Waals surface area contributed by atoms with E-state index in [2.05, 4.69) is 161 Å². The first-order valence-corrected chi connectivity index (χ1v) is 15.4. The van der Waals surface area contributed by atoms with Gasteiger partial charge < -0.3 is 13.6 Å². The molecule has 3 heterocycles. The summed E-state index contributed by atoms with van der Waals surface area (Å²) < 4.78 is 11.5. The zero-order valence-electron chi connectivity index (χ0n) is 24.3. The van der Waals surface area contributed by atoms with Crippen molar-refractivity contribution >= 4 is 65.6 Å². The van der Waals surface area contributed by atoms with E-state index in [1.807, 2.05) is 6.07 Å². The Kier molecular flexibility index (Phi) is 5.00. The monoisotopic (exact) mass is 574 g/mol. The van der Waals surface area contributed by atoms with Crippen LogP contribution in [0.4, 0.5) is 0 Å². The fourth-order valence-electron chi connectivity index (χ4n) is 7.40. The van der Waals surface area contributed by atoms with Crippen LogP contribution in [0.15, 0.2) is 162 Å². The quantitative estimate of drug-likeness (QED) is 0.206. The molecule has 0 unspecified atom stereocenters. The Hall–Kier alpha value is -6.06. The maximum atomic E-state index is 6.70. The van der Waals surface area contributed by atoms with Crippen molar-refractivity contribution in [2.24, 2.45) is 0 Å². The molecule has 45 heavy (non-hydrogen) atoms. The van der Waals surface area contributed by atoms with Gasteiger partial charge >= 0.3 is 0 Å². The molecular formula is C42H26N2O. The van der Waals surface area contributed by atoms with Gasteiger partial charge in [-0.05, 0) is 60.2 Å². The number of nitrogens with zero attached hydrogens (tertiary/aromatic N) is 2. The molecule has 0 amide bonds. The van der Waals surface area contributed by atoms with E-state index in [0.717, 1.165) is 44.4 Å². The molecule has 10 aromatic rings. The number of furan rings is 1. The van der Waals surface area contributed by atoms with Crippen LogP contribution in [0.1, 0.15) is 0 Å². The molecule has 7 aromatic carbocycles. The van der Waals surface area contributed by atoms with Crippen molar-refractivity contribution in [3.05, 3.63) is 158 Å². The summed E-state index contributed by atoms with van der Waals surface area (Å²) in [5, 5.41) is 7.26. The maximum Gasteiger partial charge on any atom is 0.145 e. The van der Waals surface area contributed by atoms with Crippen LogP contribution in [0.25, 0.3) is 88.1 Å². The van der Waals surface area contributed by atoms with E-state index in [1.165, 1.54) is 43.6 Å². The molecule has 0 spiro atoms. The summed E-state index contributed by atoms with van der Waals surface area (Å²) >= 11 is 0. The second kappa shape index (κ2) is 9.22. The molecule has 0 bridgehead atoms. The largest absolute Gasteiger partial charge is 0.455 e. The summed E-state index contributed by atoms with van der Waals surface area (Å²) in [5.74, 6) is 0. The van der Waals surface area contributed by atoms with E-state index in [-0.39, 0.29) is 0 Å². The van der Waals surface area contributed by atoms with Crippen molar-refractivity contribution in [3.63, 3.8) is 0 Å². The summed E-state index contributed by atoms with van der Waals surface area (Å²) in [7, 11) is 0. The van der Waals surface area contributed by atoms with Crippen molar-refractivity contribution in [1.29, 1.82) is 0 Å². The van der Waals surface area contributed by atoms with Crippen molar-refractivity contribution in [3.8, 4) is 22.5 Å². The summed E-state index contributed by atoms with van der Waals surface area (Å²) in [6.07, 6.45) is 0. The Balaban J connectivity index is 1.27. The lowest BCUT2D eigenvalue weighted by Crippen LogP contribution is -1.98. The van der Waals surface area contributed by atoms with Gasteiger partial charge in [0.25, 0.3) is 0 Å². The molecule has 10 rings (SSSR count). The van der Waals surface area contributed by atoms with Crippen molar-refractivity contribution in [1.82, 2.24) is 9.13 Å². The summed E-state index contributed by atoms with van der Waals surface area (Å²) in [4.78, 5) is 0. The van der Waals surface area contributed by atoms with Crippen LogP contribution in [0.3, 0.4) is 0 Å². The Labute approximate surface area is 258 Å². The van der Waals surface area contributed by atoms with Gasteiger partial charge in [0.05, 0.1) is 27.8 Å². The van der Waals surface area contributed by atoms with Gasteiger partial charge in [0, 0.05) is 43.6 Å². The molecule has 3 nitrogen and oxygen atoms in total. The highest BCUT2D eigenvalue weighted by molar-refractivity contribution is 6.14. The fraction of sp³-hybridized carbons (Fsp3) is 0. The highest BCUT2D eigenvalue weighted by atomic mass is 16.3. The van der Waals surface area contributed by atoms with Crippen molar-refractivity contribution in [2.75, 3.05) is 0 Å². The van der Waals surface area contributed by atoms with Crippen LogP contribution in [-0.2, 0) is 0 Å². The number of aromatic nitrogens is 2. The number of hydrogen-bond acceptors (Lipinski definition) is 1. The third-order valence-corrected chi connectivity index (χ3v) is 9.34. The van der Waals surface area contributed by atoms with Crippen molar-refractivity contribution in [2.45, 2.75) is 0 Å². The van der Waals surface area contributed by atoms with E-state index in [4.69, 9.17) is 4.42 Å². The van der Waals surface area contributed by atoms with E-state index < -0.39 is 0 Å². The molecule has 0 fully saturated rings. The second-order valence-electron chi connectivity index (χ2n) is 11.7. The smallest absolute Gasteiger partial charge is 0.145 e. The van der Waals surface area contributed by atoms with Crippen LogP contribution >= 0.6 is 0 Å². The molecule has 0 atom stereocenters. The Bertz CT molecular complexity index is 2650. The van der Waals surface area contributed by atoms with Gasteiger partial charge in [-0.1, -0.05) is 103 Å². The zero-order valence-corrected chi connectivity index (χ0v) is 24.3. The first kappa shape index (κ1) is 24.4. The van der Waals surface area contributed by atoms with Gasteiger partial charge in [0.15, 0.2) is 0 Å². The molecule has 0 N–H and O–H groups in total. The molecule has 0 saturated carbocycles. The van der Waals surface area contributed by atoms with E-state index in [9.17, 15) is 0 Å². The zero-order chi connectivity index (χ0) is 29.5. The van der Waals surface area contributed by atoms with E-state index >= 15 is 0 Å². The molecule has 3 aromatic heterocycles. The van der Waals surface area contributed by atoms with Gasteiger partial charge in [0.1, 0.15) is 11.2 Å². The molecule has 210 valence electrons. The van der Waals surface area contributed by atoms with Crippen molar-refractivity contribution < 1.29 is 4.42 Å². The molecule has 3 heteroatoms. The lowest BCUT2D eigenvalue weighted by molar-refractivity contribution is 0.670. The third kappa shape index (κ3) is 3.41. The van der Waals surface area contributed by atoms with Gasteiger partial charge in [-0.15, -0.1) is 0 Å². The Morgan fingerprint density at radius 3 is 1.38 bits per heavy atom. The van der Waals surface area contributed by atoms with E-state index in [1.54, 1.807) is 0 Å². The predicted molar refractivity (Wildman–Crippen MR) is 188 cm³/mol. The number of benzene rings is 7. The highest BCUT2D eigenvalue weighted by Gasteiger charge is 2.21. The summed E-state index contributed by atoms with van der Waals surface area (Å²) in [6, 6.07) is 56.4. The number of fused-ring (bicyclic) bond motifs is 9. The molecule has 0 radical (unpaired) electrons. The minimum Gasteiger partial charge on any atom is -0.455 e. The van der Waals surface area contributed by atoms with Gasteiger partial charge in [0.2, 0.25) is 0 Å². The molecular weight excluding hydrogens is 548 g/mol. The predicted octanol–water partition coefficient (Wildman–Crippen LogP) is 11.4. The normalized spacial score (nSPS) is 12.0. The Morgan fingerprint density at radius 1 is 0.356 bits per heavy atom. The van der Waals surface area contributed by atoms with Crippen LogP contribution < -0.4 is 0 Å². The lowest BCUT2D eigenvalue weighted by atomic mass is 9.99. The van der Waals surface area contributed by atoms with E-state index in [0.29, 0.717) is 0 Å². The highest BCUT2D eigenvalue weighted by Crippen LogP contribution is 2.43. The fourth-order valence-corrected chi connectivity index (χ4v) is 7.40. The Morgan fingerprint density at radius 2 is 0.822 bits per heavy atom. The topological polar surface area (TPSA) is 23.0 Å². The minimum atomic E-state index is 0.898.